The Morgan fingerprint density at radius 1 is 1.20 bits per heavy atom. The summed E-state index contributed by atoms with van der Waals surface area (Å²) in [5.41, 5.74) is 0.990. The zero-order valence-electron chi connectivity index (χ0n) is 8.39. The van der Waals surface area contributed by atoms with Gasteiger partial charge in [-0.25, -0.2) is 0 Å². The van der Waals surface area contributed by atoms with E-state index in [0.717, 1.165) is 11.3 Å². The van der Waals surface area contributed by atoms with Crippen molar-refractivity contribution in [1.29, 1.82) is 0 Å². The predicted octanol–water partition coefficient (Wildman–Crippen LogP) is 1.10. The number of benzene rings is 1. The molecule has 0 bridgehead atoms. The number of hydrogen-bond donors (Lipinski definition) is 1. The Balaban J connectivity index is 1.96. The Bertz CT molecular complexity index is 290. The fourth-order valence-corrected chi connectivity index (χ4v) is 1.44. The van der Waals surface area contributed by atoms with Crippen molar-refractivity contribution in [3.63, 3.8) is 0 Å². The van der Waals surface area contributed by atoms with Gasteiger partial charge in [-0.1, -0.05) is 12.1 Å². The largest absolute Gasteiger partial charge is 0.491 e. The lowest BCUT2D eigenvalue weighted by atomic mass is 10.2. The molecule has 1 aliphatic heterocycles. The molecule has 2 rings (SSSR count). The molecule has 1 fully saturated rings. The minimum absolute atomic E-state index is 0.0244. The molecule has 0 amide bonds. The van der Waals surface area contributed by atoms with Gasteiger partial charge in [-0.05, 0) is 12.1 Å². The van der Waals surface area contributed by atoms with Crippen LogP contribution in [-0.4, -0.2) is 31.5 Å². The minimum atomic E-state index is -0.239. The molecule has 0 spiro atoms. The summed E-state index contributed by atoms with van der Waals surface area (Å²) in [6.07, 6.45) is -0.239. The van der Waals surface area contributed by atoms with Crippen molar-refractivity contribution < 1.29 is 19.3 Å². The first-order valence-electron chi connectivity index (χ1n) is 4.97. The highest BCUT2D eigenvalue weighted by Crippen LogP contribution is 2.24. The SMILES string of the molecule is OCCOc1ccc(C2OCCO2)cc1. The fraction of sp³-hybridized carbons (Fsp3) is 0.455. The van der Waals surface area contributed by atoms with Crippen molar-refractivity contribution >= 4 is 0 Å². The zero-order chi connectivity index (χ0) is 10.5. The summed E-state index contributed by atoms with van der Waals surface area (Å²) < 4.78 is 16.0. The van der Waals surface area contributed by atoms with Gasteiger partial charge in [-0.2, -0.15) is 0 Å². The second kappa shape index (κ2) is 5.11. The number of hydrogen-bond acceptors (Lipinski definition) is 4. The van der Waals surface area contributed by atoms with Gasteiger partial charge in [0.25, 0.3) is 0 Å². The van der Waals surface area contributed by atoms with Gasteiger partial charge in [0.2, 0.25) is 0 Å². The number of aliphatic hydroxyl groups is 1. The van der Waals surface area contributed by atoms with E-state index in [1.54, 1.807) is 0 Å². The van der Waals surface area contributed by atoms with Crippen LogP contribution in [0.3, 0.4) is 0 Å². The molecule has 0 atom stereocenters. The van der Waals surface area contributed by atoms with E-state index in [1.807, 2.05) is 24.3 Å². The van der Waals surface area contributed by atoms with Crippen molar-refractivity contribution in [2.75, 3.05) is 26.4 Å². The average Bonchev–Trinajstić information content (AvgIpc) is 2.80. The first-order chi connectivity index (χ1) is 7.40. The van der Waals surface area contributed by atoms with Gasteiger partial charge in [-0.3, -0.25) is 0 Å². The van der Waals surface area contributed by atoms with E-state index in [-0.39, 0.29) is 12.9 Å². The molecule has 1 N–H and O–H groups in total. The molecule has 1 aromatic rings. The van der Waals surface area contributed by atoms with Crippen LogP contribution in [0.2, 0.25) is 0 Å². The number of rotatable bonds is 4. The number of ether oxygens (including phenoxy) is 3. The first kappa shape index (κ1) is 10.4. The highest BCUT2D eigenvalue weighted by molar-refractivity contribution is 5.28. The molecule has 15 heavy (non-hydrogen) atoms. The maximum absolute atomic E-state index is 8.59. The minimum Gasteiger partial charge on any atom is -0.491 e. The lowest BCUT2D eigenvalue weighted by Crippen LogP contribution is -2.02. The van der Waals surface area contributed by atoms with Gasteiger partial charge >= 0.3 is 0 Å². The summed E-state index contributed by atoms with van der Waals surface area (Å²) in [6.45, 7) is 1.63. The van der Waals surface area contributed by atoms with Crippen molar-refractivity contribution in [3.8, 4) is 5.75 Å². The highest BCUT2D eigenvalue weighted by Gasteiger charge is 2.17. The monoisotopic (exact) mass is 210 g/mol. The summed E-state index contributed by atoms with van der Waals surface area (Å²) in [6, 6.07) is 7.50. The molecule has 0 unspecified atom stereocenters. The Morgan fingerprint density at radius 3 is 2.47 bits per heavy atom. The number of aliphatic hydroxyl groups excluding tert-OH is 1. The van der Waals surface area contributed by atoms with Gasteiger partial charge in [0.1, 0.15) is 12.4 Å². The Morgan fingerprint density at radius 2 is 1.87 bits per heavy atom. The van der Waals surface area contributed by atoms with Crippen molar-refractivity contribution in [2.45, 2.75) is 6.29 Å². The van der Waals surface area contributed by atoms with E-state index < -0.39 is 0 Å². The summed E-state index contributed by atoms with van der Waals surface area (Å²) in [5.74, 6) is 0.741. The lowest BCUT2D eigenvalue weighted by molar-refractivity contribution is -0.0441. The quantitative estimate of drug-likeness (QED) is 0.808. The third-order valence-electron chi connectivity index (χ3n) is 2.13. The van der Waals surface area contributed by atoms with Crippen LogP contribution >= 0.6 is 0 Å². The molecular formula is C11H14O4. The average molecular weight is 210 g/mol. The summed E-state index contributed by atoms with van der Waals surface area (Å²) >= 11 is 0. The molecule has 4 nitrogen and oxygen atoms in total. The van der Waals surface area contributed by atoms with Crippen molar-refractivity contribution in [2.24, 2.45) is 0 Å². The summed E-state index contributed by atoms with van der Waals surface area (Å²) in [5, 5.41) is 8.59. The summed E-state index contributed by atoms with van der Waals surface area (Å²) in [4.78, 5) is 0. The van der Waals surface area contributed by atoms with E-state index in [9.17, 15) is 0 Å². The smallest absolute Gasteiger partial charge is 0.184 e. The van der Waals surface area contributed by atoms with Crippen LogP contribution in [0.1, 0.15) is 11.9 Å². The first-order valence-corrected chi connectivity index (χ1v) is 4.97. The molecule has 1 aliphatic rings. The van der Waals surface area contributed by atoms with Crippen molar-refractivity contribution in [3.05, 3.63) is 29.8 Å². The van der Waals surface area contributed by atoms with Gasteiger partial charge in [0.05, 0.1) is 19.8 Å². The molecular weight excluding hydrogens is 196 g/mol. The standard InChI is InChI=1S/C11H14O4/c12-5-6-13-10-3-1-9(2-4-10)11-14-7-8-15-11/h1-4,11-12H,5-8H2. The van der Waals surface area contributed by atoms with Gasteiger partial charge in [0, 0.05) is 5.56 Å². The normalized spacial score (nSPS) is 16.9. The Kier molecular flexibility index (Phi) is 3.55. The van der Waals surface area contributed by atoms with Gasteiger partial charge < -0.3 is 19.3 Å². The van der Waals surface area contributed by atoms with Crippen LogP contribution in [-0.2, 0) is 9.47 Å². The lowest BCUT2D eigenvalue weighted by Gasteiger charge is -2.10. The Hall–Kier alpha value is -1.10. The molecule has 0 aromatic heterocycles. The van der Waals surface area contributed by atoms with Crippen LogP contribution in [0.25, 0.3) is 0 Å². The van der Waals surface area contributed by atoms with E-state index in [4.69, 9.17) is 19.3 Å². The zero-order valence-corrected chi connectivity index (χ0v) is 8.39. The fourth-order valence-electron chi connectivity index (χ4n) is 1.44. The molecule has 0 radical (unpaired) electrons. The van der Waals surface area contributed by atoms with Gasteiger partial charge in [-0.15, -0.1) is 0 Å². The predicted molar refractivity (Wildman–Crippen MR) is 53.7 cm³/mol. The second-order valence-corrected chi connectivity index (χ2v) is 3.21. The Labute approximate surface area is 88.4 Å². The van der Waals surface area contributed by atoms with E-state index in [1.165, 1.54) is 0 Å². The van der Waals surface area contributed by atoms with E-state index in [0.29, 0.717) is 19.8 Å². The maximum Gasteiger partial charge on any atom is 0.184 e. The van der Waals surface area contributed by atoms with E-state index in [2.05, 4.69) is 0 Å². The third kappa shape index (κ3) is 2.68. The van der Waals surface area contributed by atoms with Crippen molar-refractivity contribution in [1.82, 2.24) is 0 Å². The van der Waals surface area contributed by atoms with Crippen LogP contribution in [0.5, 0.6) is 5.75 Å². The maximum atomic E-state index is 8.59. The molecule has 0 saturated carbocycles. The highest BCUT2D eigenvalue weighted by atomic mass is 16.7. The second-order valence-electron chi connectivity index (χ2n) is 3.21. The van der Waals surface area contributed by atoms with E-state index >= 15 is 0 Å². The topological polar surface area (TPSA) is 47.9 Å². The van der Waals surface area contributed by atoms with Crippen LogP contribution in [0.15, 0.2) is 24.3 Å². The molecule has 1 aromatic carbocycles. The van der Waals surface area contributed by atoms with Crippen LogP contribution in [0, 0.1) is 0 Å². The third-order valence-corrected chi connectivity index (χ3v) is 2.13. The molecule has 0 aliphatic carbocycles. The van der Waals surface area contributed by atoms with Crippen LogP contribution < -0.4 is 4.74 Å². The molecule has 82 valence electrons. The summed E-state index contributed by atoms with van der Waals surface area (Å²) in [7, 11) is 0. The van der Waals surface area contributed by atoms with Gasteiger partial charge in [0.15, 0.2) is 6.29 Å². The molecule has 1 heterocycles. The molecule has 1 saturated heterocycles. The van der Waals surface area contributed by atoms with Crippen LogP contribution in [0.4, 0.5) is 0 Å². The molecule has 4 heteroatoms.